The molecular formula is C8H4ClF4. The van der Waals surface area contributed by atoms with E-state index < -0.39 is 40.3 Å². The molecule has 0 nitrogen and oxygen atoms in total. The van der Waals surface area contributed by atoms with Crippen molar-refractivity contribution in [1.29, 1.82) is 0 Å². The maximum Gasteiger partial charge on any atom is 0.166 e. The highest BCUT2D eigenvalue weighted by Crippen LogP contribution is 2.24. The lowest BCUT2D eigenvalue weighted by molar-refractivity contribution is 0.439. The van der Waals surface area contributed by atoms with E-state index >= 15 is 0 Å². The first-order chi connectivity index (χ1) is 6.00. The molecule has 0 aromatic heterocycles. The molecule has 0 N–H and O–H groups in total. The quantitative estimate of drug-likeness (QED) is 0.380. The van der Waals surface area contributed by atoms with Crippen LogP contribution in [0.2, 0.25) is 0 Å². The summed E-state index contributed by atoms with van der Waals surface area (Å²) in [6, 6.07) is 0. The summed E-state index contributed by atoms with van der Waals surface area (Å²) in [6.45, 7) is 2.84. The van der Waals surface area contributed by atoms with Crippen LogP contribution in [0.4, 0.5) is 17.6 Å². The van der Waals surface area contributed by atoms with Crippen molar-refractivity contribution in [2.45, 2.75) is 5.88 Å². The van der Waals surface area contributed by atoms with E-state index in [1.54, 1.807) is 0 Å². The van der Waals surface area contributed by atoms with Gasteiger partial charge in [-0.25, -0.2) is 17.6 Å². The van der Waals surface area contributed by atoms with Crippen LogP contribution in [0.1, 0.15) is 11.1 Å². The molecule has 1 radical (unpaired) electrons. The molecule has 0 bridgehead atoms. The maximum absolute atomic E-state index is 12.8. The van der Waals surface area contributed by atoms with Crippen molar-refractivity contribution in [1.82, 2.24) is 0 Å². The van der Waals surface area contributed by atoms with Gasteiger partial charge in [-0.3, -0.25) is 0 Å². The highest BCUT2D eigenvalue weighted by molar-refractivity contribution is 6.17. The van der Waals surface area contributed by atoms with E-state index in [0.717, 1.165) is 0 Å². The molecule has 5 heteroatoms. The Bertz CT molecular complexity index is 319. The highest BCUT2D eigenvalue weighted by Gasteiger charge is 2.21. The zero-order valence-electron chi connectivity index (χ0n) is 6.30. The summed E-state index contributed by atoms with van der Waals surface area (Å²) in [6.07, 6.45) is 0. The molecule has 0 saturated heterocycles. The zero-order valence-corrected chi connectivity index (χ0v) is 7.06. The molecule has 1 aromatic carbocycles. The second-order valence-electron chi connectivity index (χ2n) is 2.35. The van der Waals surface area contributed by atoms with E-state index in [1.165, 1.54) is 0 Å². The van der Waals surface area contributed by atoms with Gasteiger partial charge in [-0.15, -0.1) is 11.6 Å². The van der Waals surface area contributed by atoms with Gasteiger partial charge in [-0.1, -0.05) is 0 Å². The van der Waals surface area contributed by atoms with Crippen LogP contribution < -0.4 is 0 Å². The van der Waals surface area contributed by atoms with Crippen molar-refractivity contribution in [2.24, 2.45) is 0 Å². The first kappa shape index (κ1) is 10.3. The summed E-state index contributed by atoms with van der Waals surface area (Å²) in [7, 11) is 0. The molecule has 71 valence electrons. The van der Waals surface area contributed by atoms with E-state index in [9.17, 15) is 17.6 Å². The molecule has 1 rings (SSSR count). The summed E-state index contributed by atoms with van der Waals surface area (Å²) < 4.78 is 51.0. The van der Waals surface area contributed by atoms with Gasteiger partial charge in [0.25, 0.3) is 0 Å². The average Bonchev–Trinajstić information content (AvgIpc) is 2.13. The normalized spacial score (nSPS) is 10.6. The molecule has 0 fully saturated rings. The summed E-state index contributed by atoms with van der Waals surface area (Å²) in [5, 5.41) is 0. The van der Waals surface area contributed by atoms with E-state index in [2.05, 4.69) is 6.92 Å². The molecule has 0 aliphatic rings. The van der Waals surface area contributed by atoms with Gasteiger partial charge in [0.1, 0.15) is 0 Å². The zero-order chi connectivity index (χ0) is 10.2. The van der Waals surface area contributed by atoms with Crippen molar-refractivity contribution in [3.8, 4) is 0 Å². The van der Waals surface area contributed by atoms with Crippen LogP contribution in [0.5, 0.6) is 0 Å². The number of hydrogen-bond acceptors (Lipinski definition) is 0. The Labute approximate surface area is 77.1 Å². The molecular weight excluding hydrogens is 208 g/mol. The largest absolute Gasteiger partial charge is 0.203 e. The van der Waals surface area contributed by atoms with Gasteiger partial charge >= 0.3 is 0 Å². The number of alkyl halides is 1. The SMILES string of the molecule is [CH2]c1c(F)c(F)c(CCl)c(F)c1F. The summed E-state index contributed by atoms with van der Waals surface area (Å²) in [5.74, 6) is -6.62. The Hall–Kier alpha value is -0.770. The lowest BCUT2D eigenvalue weighted by atomic mass is 10.1. The predicted octanol–water partition coefficient (Wildman–Crippen LogP) is 3.16. The fourth-order valence-electron chi connectivity index (χ4n) is 0.840. The standard InChI is InChI=1S/C8H4ClF4/c1-3-5(10)7(12)4(2-9)8(13)6(3)11/h1-2H2. The van der Waals surface area contributed by atoms with E-state index in [0.29, 0.717) is 0 Å². The molecule has 0 unspecified atom stereocenters. The minimum atomic E-state index is -1.51. The lowest BCUT2D eigenvalue weighted by Crippen LogP contribution is -2.04. The smallest absolute Gasteiger partial charge is 0.166 e. The fourth-order valence-corrected chi connectivity index (χ4v) is 1.07. The van der Waals surface area contributed by atoms with Gasteiger partial charge in [0.05, 0.1) is 5.88 Å². The number of rotatable bonds is 1. The second-order valence-corrected chi connectivity index (χ2v) is 2.61. The Morgan fingerprint density at radius 1 is 0.923 bits per heavy atom. The molecule has 0 spiro atoms. The van der Waals surface area contributed by atoms with Crippen LogP contribution in [0.15, 0.2) is 0 Å². The van der Waals surface area contributed by atoms with Crippen LogP contribution in [-0.4, -0.2) is 0 Å². The van der Waals surface area contributed by atoms with Crippen LogP contribution in [0, 0.1) is 30.2 Å². The first-order valence-corrected chi connectivity index (χ1v) is 3.76. The molecule has 13 heavy (non-hydrogen) atoms. The van der Waals surface area contributed by atoms with Crippen molar-refractivity contribution >= 4 is 11.6 Å². The van der Waals surface area contributed by atoms with Gasteiger partial charge in [-0.2, -0.15) is 0 Å². The van der Waals surface area contributed by atoms with Crippen molar-refractivity contribution in [2.75, 3.05) is 0 Å². The summed E-state index contributed by atoms with van der Waals surface area (Å²) in [4.78, 5) is 0. The first-order valence-electron chi connectivity index (χ1n) is 3.23. The molecule has 0 atom stereocenters. The minimum Gasteiger partial charge on any atom is -0.203 e. The third kappa shape index (κ3) is 1.50. The lowest BCUT2D eigenvalue weighted by Gasteiger charge is -2.06. The van der Waals surface area contributed by atoms with E-state index in [4.69, 9.17) is 11.6 Å². The molecule has 0 aliphatic carbocycles. The Morgan fingerprint density at radius 2 is 1.31 bits per heavy atom. The molecule has 0 saturated carbocycles. The van der Waals surface area contributed by atoms with Crippen LogP contribution >= 0.6 is 11.6 Å². The van der Waals surface area contributed by atoms with E-state index in [1.807, 2.05) is 0 Å². The third-order valence-corrected chi connectivity index (χ3v) is 1.85. The monoisotopic (exact) mass is 211 g/mol. The molecule has 1 aromatic rings. The predicted molar refractivity (Wildman–Crippen MR) is 40.3 cm³/mol. The van der Waals surface area contributed by atoms with Crippen LogP contribution in [0.25, 0.3) is 0 Å². The average molecular weight is 212 g/mol. The van der Waals surface area contributed by atoms with E-state index in [-0.39, 0.29) is 0 Å². The van der Waals surface area contributed by atoms with Crippen LogP contribution in [-0.2, 0) is 5.88 Å². The summed E-state index contributed by atoms with van der Waals surface area (Å²) >= 11 is 5.10. The Morgan fingerprint density at radius 3 is 1.62 bits per heavy atom. The fraction of sp³-hybridized carbons (Fsp3) is 0.125. The van der Waals surface area contributed by atoms with Gasteiger partial charge in [-0.05, 0) is 6.92 Å². The van der Waals surface area contributed by atoms with Gasteiger partial charge in [0, 0.05) is 11.1 Å². The Kier molecular flexibility index (Phi) is 2.81. The molecule has 0 amide bonds. The van der Waals surface area contributed by atoms with Crippen molar-refractivity contribution in [3.63, 3.8) is 0 Å². The topological polar surface area (TPSA) is 0 Å². The van der Waals surface area contributed by atoms with Crippen molar-refractivity contribution in [3.05, 3.63) is 41.3 Å². The maximum atomic E-state index is 12.8. The summed E-state index contributed by atoms with van der Waals surface area (Å²) in [5.41, 5.74) is -1.74. The molecule has 0 aliphatic heterocycles. The third-order valence-electron chi connectivity index (χ3n) is 1.58. The minimum absolute atomic E-state index is 0.633. The second kappa shape index (κ2) is 3.54. The van der Waals surface area contributed by atoms with Crippen molar-refractivity contribution < 1.29 is 17.6 Å². The Balaban J connectivity index is 3.56. The number of benzene rings is 1. The molecule has 0 heterocycles. The van der Waals surface area contributed by atoms with Crippen LogP contribution in [0.3, 0.4) is 0 Å². The number of halogens is 5. The van der Waals surface area contributed by atoms with Gasteiger partial charge < -0.3 is 0 Å². The van der Waals surface area contributed by atoms with Gasteiger partial charge in [0.15, 0.2) is 23.3 Å². The van der Waals surface area contributed by atoms with Gasteiger partial charge in [0.2, 0.25) is 0 Å². The highest BCUT2D eigenvalue weighted by atomic mass is 35.5. The number of hydrogen-bond donors (Lipinski definition) is 0.